The van der Waals surface area contributed by atoms with Gasteiger partial charge < -0.3 is 9.84 Å². The molecule has 1 aromatic heterocycles. The second kappa shape index (κ2) is 7.06. The number of ether oxygens (including phenoxy) is 1. The molecular formula is C13H11Cl2FN2O4. The first-order valence-electron chi connectivity index (χ1n) is 6.13. The van der Waals surface area contributed by atoms with Crippen LogP contribution in [-0.4, -0.2) is 27.9 Å². The molecule has 0 bridgehead atoms. The summed E-state index contributed by atoms with van der Waals surface area (Å²) in [6.45, 7) is -0.488. The van der Waals surface area contributed by atoms with E-state index in [0.717, 1.165) is 4.57 Å². The van der Waals surface area contributed by atoms with Gasteiger partial charge in [0.15, 0.2) is 6.23 Å². The Balaban J connectivity index is 2.64. The summed E-state index contributed by atoms with van der Waals surface area (Å²) in [4.78, 5) is 24.8. The highest BCUT2D eigenvalue weighted by Gasteiger charge is 2.22. The first kappa shape index (κ1) is 16.7. The zero-order valence-corrected chi connectivity index (χ0v) is 12.6. The van der Waals surface area contributed by atoms with Crippen LogP contribution in [0, 0.1) is 5.82 Å². The largest absolute Gasteiger partial charge is 0.394 e. The number of halogens is 3. The minimum absolute atomic E-state index is 0.153. The first-order chi connectivity index (χ1) is 10.5. The Bertz CT molecular complexity index is 770. The van der Waals surface area contributed by atoms with Crippen molar-refractivity contribution in [1.29, 1.82) is 0 Å². The summed E-state index contributed by atoms with van der Waals surface area (Å²) in [5.74, 6) is -1.17. The molecule has 0 aliphatic carbocycles. The van der Waals surface area contributed by atoms with E-state index < -0.39 is 23.3 Å². The normalized spacial score (nSPS) is 12.4. The molecule has 2 rings (SSSR count). The maximum Gasteiger partial charge on any atom is 0.330 e. The molecular weight excluding hydrogens is 338 g/mol. The Morgan fingerprint density at radius 2 is 1.95 bits per heavy atom. The van der Waals surface area contributed by atoms with E-state index >= 15 is 0 Å². The Hall–Kier alpha value is -1.67. The summed E-state index contributed by atoms with van der Waals surface area (Å²) in [6, 6.07) is 4.63. The average molecular weight is 349 g/mol. The van der Waals surface area contributed by atoms with E-state index in [9.17, 15) is 14.0 Å². The summed E-state index contributed by atoms with van der Waals surface area (Å²) in [5, 5.41) is 9.28. The van der Waals surface area contributed by atoms with Gasteiger partial charge in [-0.2, -0.15) is 4.39 Å². The highest BCUT2D eigenvalue weighted by Crippen LogP contribution is 2.32. The van der Waals surface area contributed by atoms with E-state index in [2.05, 4.69) is 0 Å². The molecule has 2 N–H and O–H groups in total. The first-order valence-corrected chi connectivity index (χ1v) is 6.88. The number of rotatable bonds is 5. The van der Waals surface area contributed by atoms with Crippen molar-refractivity contribution in [2.45, 2.75) is 6.23 Å². The topological polar surface area (TPSA) is 84.3 Å². The minimum Gasteiger partial charge on any atom is -0.394 e. The Morgan fingerprint density at radius 3 is 2.55 bits per heavy atom. The van der Waals surface area contributed by atoms with E-state index in [1.807, 2.05) is 4.98 Å². The van der Waals surface area contributed by atoms with Crippen LogP contribution in [0.5, 0.6) is 0 Å². The lowest BCUT2D eigenvalue weighted by Gasteiger charge is -2.22. The average Bonchev–Trinajstić information content (AvgIpc) is 2.46. The van der Waals surface area contributed by atoms with Crippen LogP contribution < -0.4 is 11.2 Å². The summed E-state index contributed by atoms with van der Waals surface area (Å²) in [7, 11) is 0. The molecule has 1 unspecified atom stereocenters. The zero-order valence-electron chi connectivity index (χ0n) is 11.1. The number of nitrogens with one attached hydrogen (secondary N) is 1. The second-order valence-electron chi connectivity index (χ2n) is 4.23. The van der Waals surface area contributed by atoms with Gasteiger partial charge in [-0.15, -0.1) is 0 Å². The quantitative estimate of drug-likeness (QED) is 0.858. The lowest BCUT2D eigenvalue weighted by Crippen LogP contribution is -2.35. The van der Waals surface area contributed by atoms with Crippen molar-refractivity contribution < 1.29 is 14.2 Å². The fourth-order valence-electron chi connectivity index (χ4n) is 1.85. The number of aromatic amines is 1. The standard InChI is InChI=1S/C13H11Cl2FN2O4/c14-7-2-1-3-8(15)10(7)12(22-5-4-19)18-6-9(16)11(20)17-13(18)21/h1-3,6,12,19H,4-5H2,(H,17,20,21). The van der Waals surface area contributed by atoms with Crippen LogP contribution in [0.1, 0.15) is 11.8 Å². The van der Waals surface area contributed by atoms with E-state index in [-0.39, 0.29) is 28.8 Å². The number of aliphatic hydroxyl groups excluding tert-OH is 1. The van der Waals surface area contributed by atoms with Crippen molar-refractivity contribution in [2.24, 2.45) is 0 Å². The van der Waals surface area contributed by atoms with Gasteiger partial charge >= 0.3 is 5.69 Å². The third-order valence-corrected chi connectivity index (χ3v) is 3.45. The maximum atomic E-state index is 13.5. The van der Waals surface area contributed by atoms with Gasteiger partial charge in [0.25, 0.3) is 5.56 Å². The second-order valence-corrected chi connectivity index (χ2v) is 5.04. The van der Waals surface area contributed by atoms with Crippen molar-refractivity contribution >= 4 is 23.2 Å². The highest BCUT2D eigenvalue weighted by molar-refractivity contribution is 6.36. The Labute approximate surface area is 133 Å². The summed E-state index contributed by atoms with van der Waals surface area (Å²) in [5.41, 5.74) is -1.83. The molecule has 0 amide bonds. The number of hydrogen-bond donors (Lipinski definition) is 2. The highest BCUT2D eigenvalue weighted by atomic mass is 35.5. The van der Waals surface area contributed by atoms with Gasteiger partial charge in [0, 0.05) is 15.6 Å². The van der Waals surface area contributed by atoms with E-state index in [4.69, 9.17) is 33.0 Å². The number of benzene rings is 1. The van der Waals surface area contributed by atoms with Crippen LogP contribution in [0.3, 0.4) is 0 Å². The minimum atomic E-state index is -1.20. The van der Waals surface area contributed by atoms with Gasteiger partial charge in [-0.25, -0.2) is 4.79 Å². The van der Waals surface area contributed by atoms with Crippen molar-refractivity contribution in [2.75, 3.05) is 13.2 Å². The van der Waals surface area contributed by atoms with Crippen molar-refractivity contribution in [1.82, 2.24) is 9.55 Å². The van der Waals surface area contributed by atoms with Gasteiger partial charge in [0.05, 0.1) is 19.4 Å². The SMILES string of the molecule is O=c1[nH]c(=O)n(C(OCCO)c2c(Cl)cccc2Cl)cc1F. The van der Waals surface area contributed by atoms with Crippen LogP contribution in [0.25, 0.3) is 0 Å². The van der Waals surface area contributed by atoms with E-state index in [0.29, 0.717) is 6.20 Å². The van der Waals surface area contributed by atoms with Crippen LogP contribution in [0.4, 0.5) is 4.39 Å². The number of aliphatic hydroxyl groups is 1. The lowest BCUT2D eigenvalue weighted by atomic mass is 10.2. The Kier molecular flexibility index (Phi) is 5.36. The monoisotopic (exact) mass is 348 g/mol. The molecule has 9 heteroatoms. The molecule has 22 heavy (non-hydrogen) atoms. The molecule has 0 fully saturated rings. The van der Waals surface area contributed by atoms with E-state index in [1.54, 1.807) is 6.07 Å². The molecule has 0 spiro atoms. The van der Waals surface area contributed by atoms with Crippen LogP contribution in [0.15, 0.2) is 34.0 Å². The summed E-state index contributed by atoms with van der Waals surface area (Å²) in [6.07, 6.45) is -0.504. The van der Waals surface area contributed by atoms with Crippen LogP contribution in [-0.2, 0) is 4.74 Å². The van der Waals surface area contributed by atoms with Crippen LogP contribution in [0.2, 0.25) is 10.0 Å². The number of H-pyrrole nitrogens is 1. The fraction of sp³-hybridized carbons (Fsp3) is 0.231. The smallest absolute Gasteiger partial charge is 0.330 e. The maximum absolute atomic E-state index is 13.5. The molecule has 0 aliphatic rings. The van der Waals surface area contributed by atoms with Gasteiger partial charge in [-0.05, 0) is 12.1 Å². The molecule has 6 nitrogen and oxygen atoms in total. The fourth-order valence-corrected chi connectivity index (χ4v) is 2.43. The molecule has 1 heterocycles. The molecule has 0 saturated heterocycles. The van der Waals surface area contributed by atoms with Crippen LogP contribution >= 0.6 is 23.2 Å². The zero-order chi connectivity index (χ0) is 16.3. The summed E-state index contributed by atoms with van der Waals surface area (Å²) >= 11 is 12.1. The van der Waals surface area contributed by atoms with E-state index in [1.165, 1.54) is 12.1 Å². The molecule has 0 aliphatic heterocycles. The van der Waals surface area contributed by atoms with Gasteiger partial charge in [0.2, 0.25) is 5.82 Å². The molecule has 0 radical (unpaired) electrons. The van der Waals surface area contributed by atoms with Crippen molar-refractivity contribution in [3.05, 3.63) is 66.7 Å². The number of nitrogens with zero attached hydrogens (tertiary/aromatic N) is 1. The third-order valence-electron chi connectivity index (χ3n) is 2.79. The summed E-state index contributed by atoms with van der Waals surface area (Å²) < 4.78 is 19.6. The van der Waals surface area contributed by atoms with Gasteiger partial charge in [0.1, 0.15) is 0 Å². The van der Waals surface area contributed by atoms with Gasteiger partial charge in [-0.1, -0.05) is 29.3 Å². The number of aromatic nitrogens is 2. The predicted octanol–water partition coefficient (Wildman–Crippen LogP) is 1.54. The lowest BCUT2D eigenvalue weighted by molar-refractivity contribution is 0.00748. The van der Waals surface area contributed by atoms with Gasteiger partial charge in [-0.3, -0.25) is 14.3 Å². The molecule has 0 saturated carbocycles. The third kappa shape index (κ3) is 3.38. The van der Waals surface area contributed by atoms with Crippen molar-refractivity contribution in [3.8, 4) is 0 Å². The molecule has 2 aromatic rings. The molecule has 118 valence electrons. The molecule has 1 aromatic carbocycles. The number of hydrogen-bond acceptors (Lipinski definition) is 4. The molecule has 1 atom stereocenters. The predicted molar refractivity (Wildman–Crippen MR) is 78.9 cm³/mol. The van der Waals surface area contributed by atoms with Crippen molar-refractivity contribution in [3.63, 3.8) is 0 Å². The Morgan fingerprint density at radius 1 is 1.32 bits per heavy atom.